The first-order valence-electron chi connectivity index (χ1n) is 8.06. The first-order valence-corrected chi connectivity index (χ1v) is 8.43. The number of carbonyl (C=O) groups is 2. The minimum Gasteiger partial charge on any atom is -0.352 e. The lowest BCUT2D eigenvalue weighted by atomic mass is 9.96. The van der Waals surface area contributed by atoms with Gasteiger partial charge in [0.05, 0.1) is 10.6 Å². The molecular formula is C17H24ClN7O2. The lowest BCUT2D eigenvalue weighted by Crippen LogP contribution is -2.48. The number of nitrogens with two attached hydrogens (primary N) is 2. The van der Waals surface area contributed by atoms with Crippen LogP contribution in [-0.2, 0) is 9.59 Å². The molecule has 0 bridgehead atoms. The van der Waals surface area contributed by atoms with Gasteiger partial charge in [-0.15, -0.1) is 5.10 Å². The van der Waals surface area contributed by atoms with E-state index >= 15 is 0 Å². The van der Waals surface area contributed by atoms with Gasteiger partial charge in [-0.25, -0.2) is 5.84 Å². The summed E-state index contributed by atoms with van der Waals surface area (Å²) in [5, 5.41) is 17.0. The lowest BCUT2D eigenvalue weighted by Gasteiger charge is -2.17. The van der Waals surface area contributed by atoms with Crippen LogP contribution in [0.5, 0.6) is 0 Å². The summed E-state index contributed by atoms with van der Waals surface area (Å²) >= 11 is 6.31. The van der Waals surface area contributed by atoms with E-state index in [4.69, 9.17) is 28.7 Å². The van der Waals surface area contributed by atoms with Gasteiger partial charge in [-0.05, 0) is 31.9 Å². The Labute approximate surface area is 162 Å². The van der Waals surface area contributed by atoms with Crippen molar-refractivity contribution in [3.05, 3.63) is 39.9 Å². The second-order valence-corrected chi connectivity index (χ2v) is 6.14. The highest BCUT2D eigenvalue weighted by molar-refractivity contribution is 6.63. The zero-order valence-electron chi connectivity index (χ0n) is 15.7. The third kappa shape index (κ3) is 5.53. The number of aryl methyl sites for hydroxylation is 2. The van der Waals surface area contributed by atoms with E-state index in [1.165, 1.54) is 7.05 Å². The highest BCUT2D eigenvalue weighted by Crippen LogP contribution is 2.26. The van der Waals surface area contributed by atoms with Crippen molar-refractivity contribution in [2.45, 2.75) is 20.8 Å². The van der Waals surface area contributed by atoms with Crippen LogP contribution in [0.4, 0.5) is 0 Å². The van der Waals surface area contributed by atoms with Crippen LogP contribution in [0.3, 0.4) is 0 Å². The monoisotopic (exact) mass is 393 g/mol. The van der Waals surface area contributed by atoms with Crippen LogP contribution in [0.15, 0.2) is 28.3 Å². The number of hydrogen-bond acceptors (Lipinski definition) is 6. The number of rotatable bonds is 5. The van der Waals surface area contributed by atoms with Gasteiger partial charge in [-0.2, -0.15) is 0 Å². The third-order valence-electron chi connectivity index (χ3n) is 3.57. The number of nitrogens with zero attached hydrogens (tertiary/aromatic N) is 2. The number of nitrogens with one attached hydrogen (secondary N) is 3. The van der Waals surface area contributed by atoms with Crippen molar-refractivity contribution < 1.29 is 9.59 Å². The number of hydrazone groups is 1. The van der Waals surface area contributed by atoms with Gasteiger partial charge in [0.1, 0.15) is 5.71 Å². The largest absolute Gasteiger partial charge is 0.352 e. The molecular weight excluding hydrogens is 370 g/mol. The molecule has 1 aromatic rings. The SMILES string of the molecule is CCNC(=O)/C(=C(/Cl)C(=N)C(=O)N/C(=N/N)N(C)N)c1cc(C)ccc1C. The molecule has 7 N–H and O–H groups in total. The van der Waals surface area contributed by atoms with E-state index in [-0.39, 0.29) is 16.6 Å². The molecule has 146 valence electrons. The average molecular weight is 394 g/mol. The molecule has 0 aliphatic heterocycles. The smallest absolute Gasteiger partial charge is 0.277 e. The summed E-state index contributed by atoms with van der Waals surface area (Å²) < 4.78 is 0. The van der Waals surface area contributed by atoms with Crippen molar-refractivity contribution in [2.24, 2.45) is 16.8 Å². The summed E-state index contributed by atoms with van der Waals surface area (Å²) in [4.78, 5) is 24.9. The highest BCUT2D eigenvalue weighted by Gasteiger charge is 2.25. The first kappa shape index (κ1) is 22.1. The molecule has 0 heterocycles. The van der Waals surface area contributed by atoms with Crippen LogP contribution in [-0.4, -0.2) is 42.1 Å². The van der Waals surface area contributed by atoms with Crippen molar-refractivity contribution in [3.63, 3.8) is 0 Å². The standard InChI is InChI=1S/C17H24ClN7O2/c1-5-22-15(26)12(11-8-9(2)6-7-10(11)3)13(18)14(19)16(27)23-17(24-20)25(4)21/h6-8,19H,5,20-21H2,1-4H3,(H,22,26)(H,23,24,27)/b13-12+,19-14?. The molecule has 0 unspecified atom stereocenters. The van der Waals surface area contributed by atoms with Crippen LogP contribution in [0, 0.1) is 19.3 Å². The van der Waals surface area contributed by atoms with E-state index < -0.39 is 17.5 Å². The maximum absolute atomic E-state index is 12.6. The number of guanidine groups is 1. The summed E-state index contributed by atoms with van der Waals surface area (Å²) in [5.74, 6) is 9.06. The second kappa shape index (κ2) is 9.70. The molecule has 0 aliphatic rings. The van der Waals surface area contributed by atoms with E-state index in [9.17, 15) is 9.59 Å². The Morgan fingerprint density at radius 2 is 1.93 bits per heavy atom. The van der Waals surface area contributed by atoms with Crippen molar-refractivity contribution in [3.8, 4) is 0 Å². The maximum atomic E-state index is 12.6. The van der Waals surface area contributed by atoms with E-state index in [0.29, 0.717) is 12.1 Å². The molecule has 27 heavy (non-hydrogen) atoms. The Bertz CT molecular complexity index is 815. The quantitative estimate of drug-likeness (QED) is 0.163. The number of benzene rings is 1. The fourth-order valence-corrected chi connectivity index (χ4v) is 2.47. The van der Waals surface area contributed by atoms with Crippen LogP contribution in [0.1, 0.15) is 23.6 Å². The summed E-state index contributed by atoms with van der Waals surface area (Å²) in [7, 11) is 1.41. The fraction of sp³-hybridized carbons (Fsp3) is 0.294. The summed E-state index contributed by atoms with van der Waals surface area (Å²) in [5.41, 5.74) is 1.63. The molecule has 0 radical (unpaired) electrons. The van der Waals surface area contributed by atoms with E-state index in [2.05, 4.69) is 15.7 Å². The summed E-state index contributed by atoms with van der Waals surface area (Å²) in [6, 6.07) is 5.50. The molecule has 9 nitrogen and oxygen atoms in total. The van der Waals surface area contributed by atoms with E-state index in [1.54, 1.807) is 13.0 Å². The van der Waals surface area contributed by atoms with E-state index in [1.807, 2.05) is 26.0 Å². The molecule has 0 atom stereocenters. The molecule has 1 aromatic carbocycles. The average Bonchev–Trinajstić information content (AvgIpc) is 2.61. The number of halogens is 1. The second-order valence-electron chi connectivity index (χ2n) is 5.76. The van der Waals surface area contributed by atoms with Gasteiger partial charge in [0, 0.05) is 13.6 Å². The van der Waals surface area contributed by atoms with Gasteiger partial charge >= 0.3 is 0 Å². The number of carbonyl (C=O) groups excluding carboxylic acids is 2. The van der Waals surface area contributed by atoms with Gasteiger partial charge in [0.2, 0.25) is 5.96 Å². The Balaban J connectivity index is 3.43. The number of hydrogen-bond donors (Lipinski definition) is 5. The molecule has 1 rings (SSSR count). The number of hydrazine groups is 1. The number of likely N-dealkylation sites (N-methyl/N-ethyl adjacent to an activating group) is 1. The molecule has 0 saturated heterocycles. The Kier molecular flexibility index (Phi) is 7.95. The van der Waals surface area contributed by atoms with E-state index in [0.717, 1.165) is 16.1 Å². The van der Waals surface area contributed by atoms with Crippen LogP contribution >= 0.6 is 11.6 Å². The normalized spacial score (nSPS) is 12.1. The van der Waals surface area contributed by atoms with Crippen LogP contribution in [0.2, 0.25) is 0 Å². The van der Waals surface area contributed by atoms with Crippen LogP contribution in [0.25, 0.3) is 5.57 Å². The fourth-order valence-electron chi connectivity index (χ4n) is 2.19. The van der Waals surface area contributed by atoms with Crippen LogP contribution < -0.4 is 22.3 Å². The summed E-state index contributed by atoms with van der Waals surface area (Å²) in [6.07, 6.45) is 0. The molecule has 0 saturated carbocycles. The van der Waals surface area contributed by atoms with Crippen molar-refractivity contribution in [2.75, 3.05) is 13.6 Å². The van der Waals surface area contributed by atoms with Gasteiger partial charge in [-0.1, -0.05) is 35.4 Å². The minimum absolute atomic E-state index is 0.0345. The zero-order chi connectivity index (χ0) is 20.7. The van der Waals surface area contributed by atoms with Crippen molar-refractivity contribution in [1.82, 2.24) is 15.6 Å². The molecule has 0 aliphatic carbocycles. The number of amides is 2. The molecule has 10 heteroatoms. The molecule has 0 spiro atoms. The van der Waals surface area contributed by atoms with Gasteiger partial charge in [-0.3, -0.25) is 25.3 Å². The Morgan fingerprint density at radius 1 is 1.30 bits per heavy atom. The topological polar surface area (TPSA) is 150 Å². The molecule has 0 aromatic heterocycles. The van der Waals surface area contributed by atoms with Gasteiger partial charge in [0.15, 0.2) is 0 Å². The predicted octanol–water partition coefficient (Wildman–Crippen LogP) is 0.561. The first-order chi connectivity index (χ1) is 12.6. The van der Waals surface area contributed by atoms with Gasteiger partial charge < -0.3 is 11.2 Å². The van der Waals surface area contributed by atoms with Crippen molar-refractivity contribution in [1.29, 1.82) is 5.41 Å². The Morgan fingerprint density at radius 3 is 2.44 bits per heavy atom. The lowest BCUT2D eigenvalue weighted by molar-refractivity contribution is -0.115. The van der Waals surface area contributed by atoms with Crippen molar-refractivity contribution >= 4 is 40.7 Å². The third-order valence-corrected chi connectivity index (χ3v) is 3.95. The zero-order valence-corrected chi connectivity index (χ0v) is 16.4. The maximum Gasteiger partial charge on any atom is 0.277 e. The summed E-state index contributed by atoms with van der Waals surface area (Å²) in [6.45, 7) is 5.79. The highest BCUT2D eigenvalue weighted by atomic mass is 35.5. The Hall–Kier alpha value is -2.91. The molecule has 0 fully saturated rings. The molecule has 2 amide bonds. The predicted molar refractivity (Wildman–Crippen MR) is 107 cm³/mol. The minimum atomic E-state index is -0.909. The van der Waals surface area contributed by atoms with Gasteiger partial charge in [0.25, 0.3) is 11.8 Å².